The van der Waals surface area contributed by atoms with Crippen LogP contribution in [0.1, 0.15) is 5.56 Å². The van der Waals surface area contributed by atoms with Gasteiger partial charge in [0.25, 0.3) is 0 Å². The van der Waals surface area contributed by atoms with E-state index in [1.807, 2.05) is 5.43 Å². The zero-order valence-electron chi connectivity index (χ0n) is 7.98. The maximum absolute atomic E-state index is 8.17. The number of nitriles is 1. The Balaban J connectivity index is 2.85. The van der Waals surface area contributed by atoms with Crippen molar-refractivity contribution in [1.82, 2.24) is 5.43 Å². The Kier molecular flexibility index (Phi) is 4.58. The van der Waals surface area contributed by atoms with E-state index in [1.165, 1.54) is 6.21 Å². The third kappa shape index (κ3) is 3.42. The van der Waals surface area contributed by atoms with E-state index in [0.717, 1.165) is 0 Å². The molecule has 0 heterocycles. The summed E-state index contributed by atoms with van der Waals surface area (Å²) < 4.78 is 0. The number of hydrogen-bond donors (Lipinski definition) is 2. The van der Waals surface area contributed by atoms with Gasteiger partial charge >= 0.3 is 0 Å². The molecule has 0 radical (unpaired) electrons. The maximum atomic E-state index is 8.17. The Hall–Kier alpha value is -1.77. The fourth-order valence-electron chi connectivity index (χ4n) is 0.867. The first kappa shape index (κ1) is 12.3. The lowest BCUT2D eigenvalue weighted by Gasteiger charge is -1.98. The minimum Gasteiger partial charge on any atom is -0.367 e. The van der Waals surface area contributed by atoms with E-state index in [4.69, 9.17) is 34.2 Å². The Morgan fingerprint density at radius 3 is 2.94 bits per heavy atom. The third-order valence-corrected chi connectivity index (χ3v) is 2.37. The van der Waals surface area contributed by atoms with Crippen molar-refractivity contribution in [3.8, 4) is 6.19 Å². The normalized spacial score (nSPS) is 11.4. The van der Waals surface area contributed by atoms with Crippen LogP contribution in [0.15, 0.2) is 28.3 Å². The Morgan fingerprint density at radius 1 is 1.50 bits per heavy atom. The molecule has 7 heteroatoms. The molecule has 0 bridgehead atoms. The first-order chi connectivity index (χ1) is 7.65. The number of nitrogens with two attached hydrogens (primary N) is 1. The van der Waals surface area contributed by atoms with Crippen molar-refractivity contribution in [3.05, 3.63) is 33.8 Å². The molecule has 0 spiro atoms. The molecule has 3 N–H and O–H groups in total. The van der Waals surface area contributed by atoms with E-state index in [1.54, 1.807) is 24.4 Å². The van der Waals surface area contributed by atoms with Crippen molar-refractivity contribution >= 4 is 35.4 Å². The monoisotopic (exact) mass is 255 g/mol. The molecular weight excluding hydrogens is 249 g/mol. The molecule has 0 saturated heterocycles. The lowest BCUT2D eigenvalue weighted by atomic mass is 10.2. The lowest BCUT2D eigenvalue weighted by Crippen LogP contribution is -2.13. The zero-order chi connectivity index (χ0) is 12.0. The summed E-state index contributed by atoms with van der Waals surface area (Å²) >= 11 is 11.7. The molecule has 0 atom stereocenters. The Bertz CT molecular complexity index is 475. The molecule has 16 heavy (non-hydrogen) atoms. The van der Waals surface area contributed by atoms with Gasteiger partial charge in [-0.1, -0.05) is 35.3 Å². The number of halogens is 2. The quantitative estimate of drug-likeness (QED) is 0.277. The number of hydrogen-bond acceptors (Lipinski definition) is 3. The van der Waals surface area contributed by atoms with Crippen LogP contribution < -0.4 is 11.2 Å². The molecule has 82 valence electrons. The largest absolute Gasteiger partial charge is 0.367 e. The van der Waals surface area contributed by atoms with Gasteiger partial charge in [-0.05, 0) is 6.07 Å². The van der Waals surface area contributed by atoms with E-state index in [0.29, 0.717) is 15.6 Å². The molecular formula is C9H7Cl2N5. The van der Waals surface area contributed by atoms with Crippen LogP contribution in [0.5, 0.6) is 0 Å². The number of hydrazone groups is 1. The van der Waals surface area contributed by atoms with Crippen LogP contribution in [0.3, 0.4) is 0 Å². The van der Waals surface area contributed by atoms with E-state index in [9.17, 15) is 0 Å². The van der Waals surface area contributed by atoms with Gasteiger partial charge in [0, 0.05) is 11.8 Å². The highest BCUT2D eigenvalue weighted by molar-refractivity contribution is 6.43. The highest BCUT2D eigenvalue weighted by Crippen LogP contribution is 2.24. The summed E-state index contributed by atoms with van der Waals surface area (Å²) in [6, 6.07) is 5.12. The number of nitrogens with one attached hydrogen (secondary N) is 1. The molecule has 0 aliphatic heterocycles. The summed E-state index contributed by atoms with van der Waals surface area (Å²) in [6.07, 6.45) is 2.99. The minimum atomic E-state index is -0.0856. The maximum Gasteiger partial charge on any atom is 0.238 e. The summed E-state index contributed by atoms with van der Waals surface area (Å²) in [5.41, 5.74) is 7.98. The van der Waals surface area contributed by atoms with E-state index >= 15 is 0 Å². The lowest BCUT2D eigenvalue weighted by molar-refractivity contribution is 0.973. The Morgan fingerprint density at radius 2 is 2.25 bits per heavy atom. The topological polar surface area (TPSA) is 86.6 Å². The molecule has 1 aromatic rings. The SMILES string of the molecule is N#CNN=C(N)N=Cc1cccc(Cl)c1Cl. The zero-order valence-corrected chi connectivity index (χ0v) is 9.50. The van der Waals surface area contributed by atoms with Gasteiger partial charge in [0.1, 0.15) is 0 Å². The number of rotatable bonds is 2. The first-order valence-electron chi connectivity index (χ1n) is 4.10. The highest BCUT2D eigenvalue weighted by atomic mass is 35.5. The average molecular weight is 256 g/mol. The summed E-state index contributed by atoms with van der Waals surface area (Å²) in [7, 11) is 0. The van der Waals surface area contributed by atoms with Crippen LogP contribution in [-0.2, 0) is 0 Å². The molecule has 5 nitrogen and oxygen atoms in total. The number of nitrogens with zero attached hydrogens (tertiary/aromatic N) is 3. The predicted octanol–water partition coefficient (Wildman–Crippen LogP) is 1.71. The van der Waals surface area contributed by atoms with Crippen molar-refractivity contribution in [1.29, 1.82) is 5.26 Å². The standard InChI is InChI=1S/C9H7Cl2N5/c10-7-3-1-2-6(8(7)11)4-14-9(13)16-15-5-12/h1-4,15H,(H2,13,16). The summed E-state index contributed by atoms with van der Waals surface area (Å²) in [4.78, 5) is 3.78. The van der Waals surface area contributed by atoms with Crippen LogP contribution in [0.4, 0.5) is 0 Å². The second kappa shape index (κ2) is 5.95. The number of guanidine groups is 1. The van der Waals surface area contributed by atoms with E-state index < -0.39 is 0 Å². The van der Waals surface area contributed by atoms with Crippen LogP contribution in [0, 0.1) is 11.5 Å². The number of benzene rings is 1. The molecule has 0 aromatic heterocycles. The van der Waals surface area contributed by atoms with Crippen LogP contribution in [-0.4, -0.2) is 12.2 Å². The molecule has 0 aliphatic rings. The predicted molar refractivity (Wildman–Crippen MR) is 64.4 cm³/mol. The molecule has 0 saturated carbocycles. The van der Waals surface area contributed by atoms with Crippen molar-refractivity contribution in [3.63, 3.8) is 0 Å². The van der Waals surface area contributed by atoms with Crippen molar-refractivity contribution in [2.75, 3.05) is 0 Å². The molecule has 1 rings (SSSR count). The molecule has 1 aromatic carbocycles. The van der Waals surface area contributed by atoms with Crippen molar-refractivity contribution in [2.24, 2.45) is 15.8 Å². The molecule has 0 aliphatic carbocycles. The first-order valence-corrected chi connectivity index (χ1v) is 4.86. The fourth-order valence-corrected chi connectivity index (χ4v) is 1.22. The van der Waals surface area contributed by atoms with E-state index in [2.05, 4.69) is 10.1 Å². The average Bonchev–Trinajstić information content (AvgIpc) is 2.28. The second-order valence-corrected chi connectivity index (χ2v) is 3.38. The van der Waals surface area contributed by atoms with Crippen molar-refractivity contribution < 1.29 is 0 Å². The van der Waals surface area contributed by atoms with Gasteiger partial charge in [-0.25, -0.2) is 10.4 Å². The van der Waals surface area contributed by atoms with Crippen LogP contribution in [0.2, 0.25) is 10.0 Å². The van der Waals surface area contributed by atoms with Crippen molar-refractivity contribution in [2.45, 2.75) is 0 Å². The molecule has 0 unspecified atom stereocenters. The van der Waals surface area contributed by atoms with Gasteiger partial charge in [0.15, 0.2) is 6.19 Å². The summed E-state index contributed by atoms with van der Waals surface area (Å²) in [6.45, 7) is 0. The van der Waals surface area contributed by atoms with Crippen LogP contribution >= 0.6 is 23.2 Å². The van der Waals surface area contributed by atoms with Crippen LogP contribution in [0.25, 0.3) is 0 Å². The highest BCUT2D eigenvalue weighted by Gasteiger charge is 2.01. The second-order valence-electron chi connectivity index (χ2n) is 2.59. The van der Waals surface area contributed by atoms with Gasteiger partial charge in [0.2, 0.25) is 5.96 Å². The van der Waals surface area contributed by atoms with Gasteiger partial charge in [0.05, 0.1) is 10.0 Å². The molecule has 0 amide bonds. The van der Waals surface area contributed by atoms with Gasteiger partial charge in [-0.3, -0.25) is 0 Å². The summed E-state index contributed by atoms with van der Waals surface area (Å²) in [5, 5.41) is 12.4. The van der Waals surface area contributed by atoms with Gasteiger partial charge in [-0.2, -0.15) is 5.26 Å². The minimum absolute atomic E-state index is 0.0856. The molecule has 0 fully saturated rings. The van der Waals surface area contributed by atoms with Gasteiger partial charge in [-0.15, -0.1) is 5.10 Å². The Labute approximate surface area is 102 Å². The van der Waals surface area contributed by atoms with E-state index in [-0.39, 0.29) is 5.96 Å². The summed E-state index contributed by atoms with van der Waals surface area (Å²) in [5.74, 6) is -0.0856. The fraction of sp³-hybridized carbons (Fsp3) is 0. The smallest absolute Gasteiger partial charge is 0.238 e. The van der Waals surface area contributed by atoms with Gasteiger partial charge < -0.3 is 5.73 Å². The third-order valence-electron chi connectivity index (χ3n) is 1.54. The number of aliphatic imine (C=N–C) groups is 1.